The Balaban J connectivity index is 1.85. The van der Waals surface area contributed by atoms with Crippen LogP contribution in [0, 0.1) is 0 Å². The van der Waals surface area contributed by atoms with Gasteiger partial charge in [0.05, 0.1) is 0 Å². The van der Waals surface area contributed by atoms with Crippen molar-refractivity contribution in [1.82, 2.24) is 0 Å². The Hall–Kier alpha value is -1.73. The molecular weight excluding hydrogens is 224 g/mol. The molecule has 2 rings (SSSR count). The lowest BCUT2D eigenvalue weighted by Gasteiger charge is -1.92. The fourth-order valence-electron chi connectivity index (χ4n) is 1.39. The van der Waals surface area contributed by atoms with Crippen LogP contribution in [0.3, 0.4) is 0 Å². The van der Waals surface area contributed by atoms with Crippen molar-refractivity contribution in [2.24, 2.45) is 0 Å². The molecule has 0 aliphatic rings. The molecule has 0 atom stereocenters. The van der Waals surface area contributed by atoms with E-state index in [2.05, 4.69) is 60.0 Å². The first-order chi connectivity index (χ1) is 8.45. The number of hydrogen-bond acceptors (Lipinski definition) is 1. The molecule has 0 unspecified atom stereocenters. The van der Waals surface area contributed by atoms with Crippen LogP contribution in [0.2, 0.25) is 0 Å². The van der Waals surface area contributed by atoms with Gasteiger partial charge in [-0.05, 0) is 23.1 Å². The van der Waals surface area contributed by atoms with Gasteiger partial charge in [0.25, 0.3) is 0 Å². The maximum atomic E-state index is 2.11. The minimum Gasteiger partial charge on any atom is -0.0981 e. The predicted molar refractivity (Wildman–Crippen MR) is 76.9 cm³/mol. The van der Waals surface area contributed by atoms with E-state index in [1.165, 1.54) is 10.5 Å². The highest BCUT2D eigenvalue weighted by molar-refractivity contribution is 8.02. The topological polar surface area (TPSA) is 0 Å². The molecule has 0 spiro atoms. The lowest BCUT2D eigenvalue weighted by Crippen LogP contribution is -1.66. The molecule has 17 heavy (non-hydrogen) atoms. The van der Waals surface area contributed by atoms with E-state index in [0.29, 0.717) is 0 Å². The number of allylic oxidation sites excluding steroid dienone is 2. The highest BCUT2D eigenvalue weighted by Gasteiger charge is 1.85. The highest BCUT2D eigenvalue weighted by atomic mass is 32.2. The van der Waals surface area contributed by atoms with Gasteiger partial charge in [-0.1, -0.05) is 78.5 Å². The fourth-order valence-corrected chi connectivity index (χ4v) is 2.03. The molecule has 2 aromatic carbocycles. The molecule has 0 aromatic heterocycles. The van der Waals surface area contributed by atoms with E-state index in [9.17, 15) is 0 Å². The molecule has 0 heterocycles. The number of thioether (sulfide) groups is 1. The maximum Gasteiger partial charge on any atom is 0.0116 e. The Bertz CT molecular complexity index is 483. The molecule has 0 nitrogen and oxygen atoms in total. The third kappa shape index (κ3) is 4.33. The zero-order chi connectivity index (χ0) is 11.8. The smallest absolute Gasteiger partial charge is 0.0116 e. The summed E-state index contributed by atoms with van der Waals surface area (Å²) in [7, 11) is 0. The number of rotatable bonds is 4. The SMILES string of the molecule is C(=C/Sc1ccccc1)/C=C/c1ccccc1. The van der Waals surface area contributed by atoms with Crippen LogP contribution in [0.4, 0.5) is 0 Å². The Labute approximate surface area is 107 Å². The van der Waals surface area contributed by atoms with Gasteiger partial charge < -0.3 is 0 Å². The van der Waals surface area contributed by atoms with E-state index < -0.39 is 0 Å². The quantitative estimate of drug-likeness (QED) is 0.533. The van der Waals surface area contributed by atoms with E-state index in [1.807, 2.05) is 24.3 Å². The van der Waals surface area contributed by atoms with Crippen molar-refractivity contribution in [1.29, 1.82) is 0 Å². The van der Waals surface area contributed by atoms with Gasteiger partial charge in [0.15, 0.2) is 0 Å². The van der Waals surface area contributed by atoms with Crippen LogP contribution >= 0.6 is 11.8 Å². The second kappa shape index (κ2) is 6.77. The van der Waals surface area contributed by atoms with Crippen LogP contribution in [0.1, 0.15) is 5.56 Å². The summed E-state index contributed by atoms with van der Waals surface area (Å²) in [5, 5.41) is 2.09. The van der Waals surface area contributed by atoms with Gasteiger partial charge in [-0.2, -0.15) is 0 Å². The summed E-state index contributed by atoms with van der Waals surface area (Å²) in [6.45, 7) is 0. The normalized spacial score (nSPS) is 11.3. The second-order valence-electron chi connectivity index (χ2n) is 3.53. The molecule has 0 amide bonds. The van der Waals surface area contributed by atoms with Crippen molar-refractivity contribution < 1.29 is 0 Å². The molecule has 0 bridgehead atoms. The summed E-state index contributed by atoms with van der Waals surface area (Å²) < 4.78 is 0. The van der Waals surface area contributed by atoms with E-state index in [0.717, 1.165) is 0 Å². The van der Waals surface area contributed by atoms with Crippen molar-refractivity contribution in [3.8, 4) is 0 Å². The van der Waals surface area contributed by atoms with Crippen molar-refractivity contribution in [2.45, 2.75) is 4.90 Å². The van der Waals surface area contributed by atoms with Crippen LogP contribution in [-0.4, -0.2) is 0 Å². The average molecular weight is 238 g/mol. The van der Waals surface area contributed by atoms with Crippen LogP contribution in [0.25, 0.3) is 6.08 Å². The first-order valence-electron chi connectivity index (χ1n) is 5.55. The van der Waals surface area contributed by atoms with E-state index in [1.54, 1.807) is 11.8 Å². The predicted octanol–water partition coefficient (Wildman–Crippen LogP) is 5.01. The van der Waals surface area contributed by atoms with Crippen LogP contribution in [0.15, 0.2) is 83.1 Å². The minimum absolute atomic E-state index is 1.22. The van der Waals surface area contributed by atoms with Crippen molar-refractivity contribution in [3.63, 3.8) is 0 Å². The third-order valence-electron chi connectivity index (χ3n) is 2.23. The van der Waals surface area contributed by atoms with Gasteiger partial charge in [0.2, 0.25) is 0 Å². The summed E-state index contributed by atoms with van der Waals surface area (Å²) in [5.41, 5.74) is 1.22. The Morgan fingerprint density at radius 3 is 2.06 bits per heavy atom. The van der Waals surface area contributed by atoms with Gasteiger partial charge in [0.1, 0.15) is 0 Å². The lowest BCUT2D eigenvalue weighted by atomic mass is 10.2. The number of benzene rings is 2. The summed E-state index contributed by atoms with van der Waals surface area (Å²) in [5.74, 6) is 0. The van der Waals surface area contributed by atoms with Crippen molar-refractivity contribution >= 4 is 17.8 Å². The summed E-state index contributed by atoms with van der Waals surface area (Å²) in [4.78, 5) is 1.26. The van der Waals surface area contributed by atoms with E-state index in [-0.39, 0.29) is 0 Å². The monoisotopic (exact) mass is 238 g/mol. The van der Waals surface area contributed by atoms with Gasteiger partial charge in [-0.15, -0.1) is 0 Å². The molecule has 0 aliphatic carbocycles. The minimum atomic E-state index is 1.22. The van der Waals surface area contributed by atoms with Crippen LogP contribution in [0.5, 0.6) is 0 Å². The molecule has 0 radical (unpaired) electrons. The Kier molecular flexibility index (Phi) is 4.68. The van der Waals surface area contributed by atoms with E-state index in [4.69, 9.17) is 0 Å². The average Bonchev–Trinajstić information content (AvgIpc) is 2.41. The number of hydrogen-bond donors (Lipinski definition) is 0. The van der Waals surface area contributed by atoms with Crippen LogP contribution < -0.4 is 0 Å². The molecule has 84 valence electrons. The van der Waals surface area contributed by atoms with Crippen molar-refractivity contribution in [2.75, 3.05) is 0 Å². The maximum absolute atomic E-state index is 2.11. The molecule has 0 fully saturated rings. The van der Waals surface area contributed by atoms with Crippen molar-refractivity contribution in [3.05, 3.63) is 83.8 Å². The molecule has 0 saturated carbocycles. The van der Waals surface area contributed by atoms with Crippen LogP contribution in [-0.2, 0) is 0 Å². The molecular formula is C16H14S. The standard InChI is InChI=1S/C16H14S/c1-3-9-15(10-4-1)11-7-8-14-17-16-12-5-2-6-13-16/h1-14H/b11-7+,14-8-. The van der Waals surface area contributed by atoms with Gasteiger partial charge in [0, 0.05) is 4.90 Å². The molecule has 0 aliphatic heterocycles. The summed E-state index contributed by atoms with van der Waals surface area (Å²) in [6, 6.07) is 20.6. The molecule has 2 aromatic rings. The van der Waals surface area contributed by atoms with Gasteiger partial charge >= 0.3 is 0 Å². The second-order valence-corrected chi connectivity index (χ2v) is 4.51. The van der Waals surface area contributed by atoms with Gasteiger partial charge in [-0.25, -0.2) is 0 Å². The molecule has 1 heteroatoms. The Morgan fingerprint density at radius 1 is 0.706 bits per heavy atom. The highest BCUT2D eigenvalue weighted by Crippen LogP contribution is 2.17. The summed E-state index contributed by atoms with van der Waals surface area (Å²) in [6.07, 6.45) is 6.22. The lowest BCUT2D eigenvalue weighted by molar-refractivity contribution is 1.47. The van der Waals surface area contributed by atoms with Gasteiger partial charge in [-0.3, -0.25) is 0 Å². The molecule has 0 N–H and O–H groups in total. The largest absolute Gasteiger partial charge is 0.0981 e. The van der Waals surface area contributed by atoms with E-state index >= 15 is 0 Å². The zero-order valence-corrected chi connectivity index (χ0v) is 10.3. The fraction of sp³-hybridized carbons (Fsp3) is 0. The summed E-state index contributed by atoms with van der Waals surface area (Å²) >= 11 is 1.72. The third-order valence-corrected chi connectivity index (χ3v) is 3.06. The molecule has 0 saturated heterocycles. The first kappa shape index (κ1) is 11.7. The Morgan fingerprint density at radius 2 is 1.35 bits per heavy atom. The first-order valence-corrected chi connectivity index (χ1v) is 6.43. The zero-order valence-electron chi connectivity index (χ0n) is 9.49.